The molecule has 7 heteroatoms. The van der Waals surface area contributed by atoms with E-state index >= 15 is 0 Å². The van der Waals surface area contributed by atoms with E-state index in [2.05, 4.69) is 26.3 Å². The van der Waals surface area contributed by atoms with E-state index in [0.717, 1.165) is 44.2 Å². The van der Waals surface area contributed by atoms with E-state index in [1.807, 2.05) is 54.7 Å². The van der Waals surface area contributed by atoms with Crippen LogP contribution in [0.15, 0.2) is 73.2 Å². The van der Waals surface area contributed by atoms with Gasteiger partial charge in [0, 0.05) is 39.7 Å². The number of anilines is 1. The fourth-order valence-corrected chi connectivity index (χ4v) is 3.66. The number of hydrogen-bond acceptors (Lipinski definition) is 5. The van der Waals surface area contributed by atoms with E-state index in [1.54, 1.807) is 16.9 Å². The molecule has 0 aliphatic heterocycles. The number of nitrogens with zero attached hydrogens (tertiary/aromatic N) is 5. The molecule has 29 heavy (non-hydrogen) atoms. The number of fused-ring (bicyclic) bond motifs is 3. The van der Waals surface area contributed by atoms with Crippen molar-refractivity contribution in [1.82, 2.24) is 29.8 Å². The highest BCUT2D eigenvalue weighted by Crippen LogP contribution is 2.30. The van der Waals surface area contributed by atoms with E-state index < -0.39 is 0 Å². The van der Waals surface area contributed by atoms with Crippen molar-refractivity contribution in [2.24, 2.45) is 0 Å². The minimum atomic E-state index is 0.525. The molecule has 6 aromatic rings. The summed E-state index contributed by atoms with van der Waals surface area (Å²) in [5.74, 6) is 0.525. The maximum absolute atomic E-state index is 6.30. The summed E-state index contributed by atoms with van der Waals surface area (Å²) in [6.45, 7) is 0. The number of benzene rings is 2. The van der Waals surface area contributed by atoms with E-state index in [4.69, 9.17) is 10.7 Å². The Hall–Kier alpha value is -4.26. The Morgan fingerprint density at radius 2 is 1.76 bits per heavy atom. The van der Waals surface area contributed by atoms with Crippen LogP contribution in [0.2, 0.25) is 0 Å². The minimum Gasteiger partial charge on any atom is -0.384 e. The Kier molecular flexibility index (Phi) is 3.19. The van der Waals surface area contributed by atoms with Crippen LogP contribution in [0.5, 0.6) is 0 Å². The Morgan fingerprint density at radius 1 is 0.862 bits per heavy atom. The molecule has 0 unspecified atom stereocenters. The summed E-state index contributed by atoms with van der Waals surface area (Å²) in [4.78, 5) is 9.44. The molecule has 2 aromatic carbocycles. The fraction of sp³-hybridized carbons (Fsp3) is 0. The van der Waals surface area contributed by atoms with Crippen LogP contribution in [0, 0.1) is 0 Å². The van der Waals surface area contributed by atoms with Crippen molar-refractivity contribution in [3.05, 3.63) is 73.2 Å². The van der Waals surface area contributed by atoms with Gasteiger partial charge in [0.1, 0.15) is 5.82 Å². The lowest BCUT2D eigenvalue weighted by Gasteiger charge is -2.07. The van der Waals surface area contributed by atoms with Gasteiger partial charge >= 0.3 is 0 Å². The lowest BCUT2D eigenvalue weighted by atomic mass is 10.1. The molecule has 7 nitrogen and oxygen atoms in total. The van der Waals surface area contributed by atoms with Gasteiger partial charge in [0.05, 0.1) is 29.1 Å². The summed E-state index contributed by atoms with van der Waals surface area (Å²) in [5.41, 5.74) is 12.5. The van der Waals surface area contributed by atoms with Crippen molar-refractivity contribution in [2.45, 2.75) is 0 Å². The second-order valence-corrected chi connectivity index (χ2v) is 6.95. The topological polar surface area (TPSA) is 97.8 Å². The molecule has 0 amide bonds. The molecule has 0 aliphatic carbocycles. The summed E-state index contributed by atoms with van der Waals surface area (Å²) >= 11 is 0. The Bertz CT molecular complexity index is 1530. The fourth-order valence-electron chi connectivity index (χ4n) is 3.66. The van der Waals surface area contributed by atoms with Crippen LogP contribution < -0.4 is 5.73 Å². The van der Waals surface area contributed by atoms with E-state index in [9.17, 15) is 0 Å². The number of para-hydroxylation sites is 1. The van der Waals surface area contributed by atoms with E-state index in [1.165, 1.54) is 0 Å². The summed E-state index contributed by atoms with van der Waals surface area (Å²) in [6.07, 6.45) is 5.43. The molecule has 0 bridgehead atoms. The monoisotopic (exact) mass is 377 g/mol. The van der Waals surface area contributed by atoms with Gasteiger partial charge in [-0.1, -0.05) is 24.3 Å². The lowest BCUT2D eigenvalue weighted by Crippen LogP contribution is -2.01. The maximum atomic E-state index is 6.30. The first kappa shape index (κ1) is 15.8. The van der Waals surface area contributed by atoms with Crippen molar-refractivity contribution in [1.29, 1.82) is 0 Å². The first-order valence-corrected chi connectivity index (χ1v) is 9.19. The summed E-state index contributed by atoms with van der Waals surface area (Å²) in [7, 11) is 0. The Morgan fingerprint density at radius 3 is 2.72 bits per heavy atom. The number of nitrogens with two attached hydrogens (primary N) is 1. The van der Waals surface area contributed by atoms with Gasteiger partial charge < -0.3 is 5.73 Å². The standard InChI is InChI=1S/C22H15N7/c23-21-9-20(14-5-6-19-16(8-14)11-25-28-19)27-22-17(12-26-29(21)22)15-7-13-3-1-2-4-18(13)24-10-15/h1-12H,23H2,(H,25,28). The van der Waals surface area contributed by atoms with Gasteiger partial charge in [-0.2, -0.15) is 14.7 Å². The third kappa shape index (κ3) is 2.45. The number of hydrogen-bond donors (Lipinski definition) is 2. The van der Waals surface area contributed by atoms with E-state index in [-0.39, 0.29) is 0 Å². The quantitative estimate of drug-likeness (QED) is 0.474. The number of rotatable bonds is 2. The van der Waals surface area contributed by atoms with Crippen LogP contribution in [-0.2, 0) is 0 Å². The van der Waals surface area contributed by atoms with Crippen molar-refractivity contribution in [3.63, 3.8) is 0 Å². The smallest absolute Gasteiger partial charge is 0.165 e. The summed E-state index contributed by atoms with van der Waals surface area (Å²) < 4.78 is 1.66. The molecule has 0 fully saturated rings. The summed E-state index contributed by atoms with van der Waals surface area (Å²) in [5, 5.41) is 13.6. The molecule has 0 saturated carbocycles. The molecular weight excluding hydrogens is 362 g/mol. The number of aromatic nitrogens is 6. The summed E-state index contributed by atoms with van der Waals surface area (Å²) in [6, 6.07) is 18.0. The number of pyridine rings is 1. The molecule has 4 heterocycles. The molecule has 0 saturated heterocycles. The number of aromatic amines is 1. The van der Waals surface area contributed by atoms with Crippen molar-refractivity contribution in [3.8, 4) is 22.4 Å². The van der Waals surface area contributed by atoms with Crippen LogP contribution in [0.4, 0.5) is 5.82 Å². The normalized spacial score (nSPS) is 11.6. The molecule has 138 valence electrons. The molecule has 4 aromatic heterocycles. The largest absolute Gasteiger partial charge is 0.384 e. The van der Waals surface area contributed by atoms with E-state index in [0.29, 0.717) is 11.5 Å². The van der Waals surface area contributed by atoms with Crippen LogP contribution in [0.3, 0.4) is 0 Å². The van der Waals surface area contributed by atoms with Crippen LogP contribution in [-0.4, -0.2) is 29.8 Å². The van der Waals surface area contributed by atoms with Crippen LogP contribution >= 0.6 is 0 Å². The van der Waals surface area contributed by atoms with Gasteiger partial charge in [-0.15, -0.1) is 0 Å². The first-order chi connectivity index (χ1) is 14.3. The van der Waals surface area contributed by atoms with Gasteiger partial charge in [0.15, 0.2) is 5.65 Å². The van der Waals surface area contributed by atoms with Gasteiger partial charge in [-0.05, 0) is 24.3 Å². The maximum Gasteiger partial charge on any atom is 0.165 e. The van der Waals surface area contributed by atoms with Gasteiger partial charge in [-0.3, -0.25) is 10.1 Å². The molecule has 0 aliphatic rings. The lowest BCUT2D eigenvalue weighted by molar-refractivity contribution is 0.954. The van der Waals surface area contributed by atoms with Crippen molar-refractivity contribution >= 4 is 33.3 Å². The minimum absolute atomic E-state index is 0.525. The van der Waals surface area contributed by atoms with Crippen molar-refractivity contribution < 1.29 is 0 Å². The second kappa shape index (κ2) is 5.87. The average Bonchev–Trinajstić information content (AvgIpc) is 3.40. The zero-order valence-electron chi connectivity index (χ0n) is 15.2. The number of H-pyrrole nitrogens is 1. The van der Waals surface area contributed by atoms with Crippen LogP contribution in [0.1, 0.15) is 0 Å². The third-order valence-corrected chi connectivity index (χ3v) is 5.14. The number of nitrogens with one attached hydrogen (secondary N) is 1. The predicted octanol–water partition coefficient (Wildman–Crippen LogP) is 4.07. The highest BCUT2D eigenvalue weighted by molar-refractivity contribution is 5.88. The second-order valence-electron chi connectivity index (χ2n) is 6.95. The molecule has 0 spiro atoms. The Labute approximate surface area is 164 Å². The Balaban J connectivity index is 1.56. The molecule has 0 radical (unpaired) electrons. The highest BCUT2D eigenvalue weighted by Gasteiger charge is 2.14. The predicted molar refractivity (Wildman–Crippen MR) is 113 cm³/mol. The van der Waals surface area contributed by atoms with Gasteiger partial charge in [-0.25, -0.2) is 4.98 Å². The average molecular weight is 377 g/mol. The molecule has 0 atom stereocenters. The van der Waals surface area contributed by atoms with Gasteiger partial charge in [0.25, 0.3) is 0 Å². The van der Waals surface area contributed by atoms with Crippen molar-refractivity contribution in [2.75, 3.05) is 5.73 Å². The van der Waals surface area contributed by atoms with Crippen LogP contribution in [0.25, 0.3) is 49.8 Å². The SMILES string of the molecule is Nc1cc(-c2ccc3[nH]ncc3c2)nc2c(-c3cnc4ccccc4c3)cnn12. The third-order valence-electron chi connectivity index (χ3n) is 5.14. The van der Waals surface area contributed by atoms with Gasteiger partial charge in [0.2, 0.25) is 0 Å². The first-order valence-electron chi connectivity index (χ1n) is 9.19. The highest BCUT2D eigenvalue weighted by atomic mass is 15.3. The zero-order chi connectivity index (χ0) is 19.4. The zero-order valence-corrected chi connectivity index (χ0v) is 15.2. The molecular formula is C22H15N7. The molecule has 6 rings (SSSR count). The number of nitrogen functional groups attached to an aromatic ring is 1. The molecule has 3 N–H and O–H groups in total.